The minimum Gasteiger partial charge on any atom is -0.389 e. The van der Waals surface area contributed by atoms with Crippen LogP contribution in [0.4, 0.5) is 4.39 Å². The summed E-state index contributed by atoms with van der Waals surface area (Å²) in [5.74, 6) is -0.0571. The van der Waals surface area contributed by atoms with Gasteiger partial charge in [-0.1, -0.05) is 19.1 Å². The highest BCUT2D eigenvalue weighted by Gasteiger charge is 2.39. The summed E-state index contributed by atoms with van der Waals surface area (Å²) in [6.45, 7) is 3.72. The second kappa shape index (κ2) is 8.58. The van der Waals surface area contributed by atoms with Crippen molar-refractivity contribution < 1.29 is 19.0 Å². The number of hydrogen-bond donors (Lipinski definition) is 1. The molecule has 2 rings (SSSR count). The van der Waals surface area contributed by atoms with Gasteiger partial charge in [0.2, 0.25) is 5.91 Å². The fraction of sp³-hybridized carbons (Fsp3) is 0.632. The quantitative estimate of drug-likeness (QED) is 0.832. The van der Waals surface area contributed by atoms with Crippen molar-refractivity contribution in [3.63, 3.8) is 0 Å². The third-order valence-electron chi connectivity index (χ3n) is 5.09. The van der Waals surface area contributed by atoms with Crippen molar-refractivity contribution in [2.75, 3.05) is 26.8 Å². The van der Waals surface area contributed by atoms with Crippen LogP contribution in [-0.4, -0.2) is 48.3 Å². The Morgan fingerprint density at radius 2 is 2.12 bits per heavy atom. The van der Waals surface area contributed by atoms with E-state index in [0.29, 0.717) is 39.0 Å². The highest BCUT2D eigenvalue weighted by atomic mass is 19.1. The second-order valence-corrected chi connectivity index (χ2v) is 6.82. The molecule has 4 nitrogen and oxygen atoms in total. The molecule has 0 aromatic heterocycles. The van der Waals surface area contributed by atoms with Crippen LogP contribution in [0.2, 0.25) is 0 Å². The third-order valence-corrected chi connectivity index (χ3v) is 5.09. The zero-order valence-corrected chi connectivity index (χ0v) is 14.6. The van der Waals surface area contributed by atoms with Gasteiger partial charge in [-0.3, -0.25) is 4.79 Å². The lowest BCUT2D eigenvalue weighted by molar-refractivity contribution is -0.140. The van der Waals surface area contributed by atoms with Gasteiger partial charge >= 0.3 is 0 Å². The summed E-state index contributed by atoms with van der Waals surface area (Å²) in [6, 6.07) is 6.42. The maximum atomic E-state index is 12.9. The minimum absolute atomic E-state index is 0.0439. The number of carbonyl (C=O) groups excluding carboxylic acids is 1. The van der Waals surface area contributed by atoms with E-state index in [1.54, 1.807) is 19.2 Å². The number of methoxy groups -OCH3 is 1. The molecular formula is C19H28FNO3. The van der Waals surface area contributed by atoms with Crippen molar-refractivity contribution in [1.82, 2.24) is 4.90 Å². The Morgan fingerprint density at radius 1 is 1.42 bits per heavy atom. The third kappa shape index (κ3) is 5.02. The van der Waals surface area contributed by atoms with Crippen molar-refractivity contribution in [3.8, 4) is 0 Å². The molecule has 1 amide bonds. The first-order valence-corrected chi connectivity index (χ1v) is 8.68. The molecule has 134 valence electrons. The second-order valence-electron chi connectivity index (χ2n) is 6.82. The number of piperidine rings is 1. The minimum atomic E-state index is -0.735. The molecule has 0 aliphatic carbocycles. The number of ether oxygens (including phenoxy) is 1. The Kier molecular flexibility index (Phi) is 6.75. The van der Waals surface area contributed by atoms with E-state index in [2.05, 4.69) is 0 Å². The number of halogens is 1. The van der Waals surface area contributed by atoms with Crippen molar-refractivity contribution >= 4 is 5.91 Å². The maximum absolute atomic E-state index is 12.9. The Bertz CT molecular complexity index is 534. The highest BCUT2D eigenvalue weighted by Crippen LogP contribution is 2.31. The van der Waals surface area contributed by atoms with Crippen LogP contribution in [0, 0.1) is 11.7 Å². The summed E-state index contributed by atoms with van der Waals surface area (Å²) in [4.78, 5) is 14.2. The van der Waals surface area contributed by atoms with E-state index < -0.39 is 5.60 Å². The number of hydrogen-bond acceptors (Lipinski definition) is 3. The summed E-state index contributed by atoms with van der Waals surface area (Å²) in [5, 5.41) is 10.7. The molecule has 1 saturated heterocycles. The van der Waals surface area contributed by atoms with Gasteiger partial charge in [0.15, 0.2) is 0 Å². The highest BCUT2D eigenvalue weighted by molar-refractivity contribution is 5.76. The number of likely N-dealkylation sites (tertiary alicyclic amines) is 1. The number of benzene rings is 1. The maximum Gasteiger partial charge on any atom is 0.222 e. The lowest BCUT2D eigenvalue weighted by atomic mass is 9.80. The fourth-order valence-electron chi connectivity index (χ4n) is 3.30. The summed E-state index contributed by atoms with van der Waals surface area (Å²) in [5.41, 5.74) is 0.311. The molecule has 0 bridgehead atoms. The molecule has 0 unspecified atom stereocenters. The molecule has 0 spiro atoms. The molecule has 1 aromatic rings. The number of amides is 1. The van der Waals surface area contributed by atoms with Crippen molar-refractivity contribution in [2.45, 2.75) is 44.6 Å². The molecule has 1 aliphatic rings. The van der Waals surface area contributed by atoms with Crippen LogP contribution in [0.3, 0.4) is 0 Å². The lowest BCUT2D eigenvalue weighted by Gasteiger charge is -2.43. The Hall–Kier alpha value is -1.46. The van der Waals surface area contributed by atoms with Gasteiger partial charge in [0.25, 0.3) is 0 Å². The van der Waals surface area contributed by atoms with E-state index in [0.717, 1.165) is 18.4 Å². The van der Waals surface area contributed by atoms with Crippen LogP contribution in [0.1, 0.15) is 38.2 Å². The fourth-order valence-corrected chi connectivity index (χ4v) is 3.30. The van der Waals surface area contributed by atoms with E-state index in [9.17, 15) is 14.3 Å². The van der Waals surface area contributed by atoms with E-state index in [-0.39, 0.29) is 17.6 Å². The van der Waals surface area contributed by atoms with E-state index in [1.807, 2.05) is 11.8 Å². The molecule has 0 saturated carbocycles. The molecular weight excluding hydrogens is 309 g/mol. The average molecular weight is 337 g/mol. The summed E-state index contributed by atoms with van der Waals surface area (Å²) >= 11 is 0. The van der Waals surface area contributed by atoms with Gasteiger partial charge in [0, 0.05) is 39.1 Å². The molecule has 1 aliphatic heterocycles. The van der Waals surface area contributed by atoms with Gasteiger partial charge in [-0.05, 0) is 43.4 Å². The number of carbonyl (C=O) groups is 1. The van der Waals surface area contributed by atoms with Crippen LogP contribution in [-0.2, 0) is 16.0 Å². The first-order chi connectivity index (χ1) is 11.4. The van der Waals surface area contributed by atoms with E-state index >= 15 is 0 Å². The van der Waals surface area contributed by atoms with E-state index in [1.165, 1.54) is 12.1 Å². The van der Waals surface area contributed by atoms with Crippen LogP contribution in [0.5, 0.6) is 0 Å². The molecule has 1 heterocycles. The Balaban J connectivity index is 1.76. The molecule has 2 atom stereocenters. The smallest absolute Gasteiger partial charge is 0.222 e. The Morgan fingerprint density at radius 3 is 2.75 bits per heavy atom. The molecule has 1 N–H and O–H groups in total. The summed E-state index contributed by atoms with van der Waals surface area (Å²) < 4.78 is 17.9. The number of aliphatic hydroxyl groups is 1. The number of aryl methyl sites for hydroxylation is 1. The molecule has 1 fully saturated rings. The molecule has 0 radical (unpaired) electrons. The Labute approximate surface area is 143 Å². The zero-order chi connectivity index (χ0) is 17.6. The predicted molar refractivity (Wildman–Crippen MR) is 91.1 cm³/mol. The van der Waals surface area contributed by atoms with Gasteiger partial charge < -0.3 is 14.7 Å². The van der Waals surface area contributed by atoms with Gasteiger partial charge in [0.05, 0.1) is 5.60 Å². The number of nitrogens with zero attached hydrogens (tertiary/aromatic N) is 1. The van der Waals surface area contributed by atoms with Crippen LogP contribution >= 0.6 is 0 Å². The predicted octanol–water partition coefficient (Wildman–Crippen LogP) is 2.78. The molecule has 24 heavy (non-hydrogen) atoms. The summed E-state index contributed by atoms with van der Waals surface area (Å²) in [7, 11) is 1.63. The standard InChI is InChI=1S/C19H28FNO3/c1-15-14-21(12-10-19(15,23)11-13-24-2)18(22)5-3-4-16-6-8-17(20)9-7-16/h6-9,15,23H,3-5,10-14H2,1-2H3/t15-,19-/m0/s1. The summed E-state index contributed by atoms with van der Waals surface area (Å²) in [6.07, 6.45) is 3.22. The van der Waals surface area contributed by atoms with Crippen molar-refractivity contribution in [3.05, 3.63) is 35.6 Å². The monoisotopic (exact) mass is 337 g/mol. The van der Waals surface area contributed by atoms with Gasteiger partial charge in [-0.2, -0.15) is 0 Å². The van der Waals surface area contributed by atoms with Gasteiger partial charge in [0.1, 0.15) is 5.82 Å². The van der Waals surface area contributed by atoms with Crippen molar-refractivity contribution in [2.24, 2.45) is 5.92 Å². The molecule has 1 aromatic carbocycles. The number of rotatable bonds is 7. The van der Waals surface area contributed by atoms with E-state index in [4.69, 9.17) is 4.74 Å². The SMILES string of the molecule is COCC[C@@]1(O)CCN(C(=O)CCCc2ccc(F)cc2)C[C@@H]1C. The van der Waals surface area contributed by atoms with Gasteiger partial charge in [-0.15, -0.1) is 0 Å². The first-order valence-electron chi connectivity index (χ1n) is 8.68. The average Bonchev–Trinajstić information content (AvgIpc) is 2.57. The largest absolute Gasteiger partial charge is 0.389 e. The van der Waals surface area contributed by atoms with Crippen molar-refractivity contribution in [1.29, 1.82) is 0 Å². The normalized spacial score (nSPS) is 24.2. The van der Waals surface area contributed by atoms with Crippen LogP contribution in [0.25, 0.3) is 0 Å². The molecule has 5 heteroatoms. The topological polar surface area (TPSA) is 49.8 Å². The van der Waals surface area contributed by atoms with Crippen LogP contribution in [0.15, 0.2) is 24.3 Å². The zero-order valence-electron chi connectivity index (χ0n) is 14.6. The van der Waals surface area contributed by atoms with Gasteiger partial charge in [-0.25, -0.2) is 4.39 Å². The van der Waals surface area contributed by atoms with Crippen LogP contribution < -0.4 is 0 Å². The first kappa shape index (κ1) is 18.9. The lowest BCUT2D eigenvalue weighted by Crippen LogP contribution is -2.52.